The van der Waals surface area contributed by atoms with E-state index in [2.05, 4.69) is 10.6 Å². The van der Waals surface area contributed by atoms with Gasteiger partial charge in [0.2, 0.25) is 5.91 Å². The zero-order valence-electron chi connectivity index (χ0n) is 16.4. The van der Waals surface area contributed by atoms with Crippen LogP contribution in [0.4, 0.5) is 24.5 Å². The molecule has 0 saturated carbocycles. The smallest absolute Gasteiger partial charge is 0.376 e. The van der Waals surface area contributed by atoms with Crippen LogP contribution >= 0.6 is 0 Å². The molecule has 31 heavy (non-hydrogen) atoms. The number of alkyl halides is 3. The number of amides is 2. The van der Waals surface area contributed by atoms with Gasteiger partial charge in [0, 0.05) is 16.9 Å². The summed E-state index contributed by atoms with van der Waals surface area (Å²) in [4.78, 5) is 24.6. The molecular formula is C23H20F3N3O2. The van der Waals surface area contributed by atoms with Crippen molar-refractivity contribution in [2.45, 2.75) is 6.18 Å². The van der Waals surface area contributed by atoms with Gasteiger partial charge in [0.15, 0.2) is 0 Å². The highest BCUT2D eigenvalue weighted by atomic mass is 19.4. The number of hydrogen-bond acceptors (Lipinski definition) is 3. The normalized spacial score (nSPS) is 10.9. The van der Waals surface area contributed by atoms with Crippen molar-refractivity contribution in [3.8, 4) is 11.1 Å². The maximum Gasteiger partial charge on any atom is 0.405 e. The fourth-order valence-corrected chi connectivity index (χ4v) is 2.94. The number of rotatable bonds is 7. The quantitative estimate of drug-likeness (QED) is 0.512. The average molecular weight is 427 g/mol. The van der Waals surface area contributed by atoms with Crippen molar-refractivity contribution in [1.29, 1.82) is 0 Å². The van der Waals surface area contributed by atoms with Gasteiger partial charge < -0.3 is 16.0 Å². The number of benzene rings is 3. The van der Waals surface area contributed by atoms with Crippen LogP contribution in [-0.2, 0) is 4.79 Å². The van der Waals surface area contributed by atoms with Crippen molar-refractivity contribution < 1.29 is 22.8 Å². The minimum absolute atomic E-state index is 0.0178. The molecule has 160 valence electrons. The average Bonchev–Trinajstić information content (AvgIpc) is 2.77. The molecule has 0 heterocycles. The Morgan fingerprint density at radius 2 is 1.39 bits per heavy atom. The number of carbonyl (C=O) groups excluding carboxylic acids is 2. The molecule has 5 nitrogen and oxygen atoms in total. The standard InChI is InChI=1S/C23H20F3N3O2/c24-23(25,26)15-28-22(31)18-11-5-6-12-19(18)27-14-21(30)29-20-13-7-4-10-17(20)16-8-2-1-3-9-16/h1-13,27H,14-15H2,(H,28,31)(H,29,30). The van der Waals surface area contributed by atoms with E-state index in [0.717, 1.165) is 11.1 Å². The first kappa shape index (κ1) is 21.9. The highest BCUT2D eigenvalue weighted by molar-refractivity contribution is 6.01. The maximum atomic E-state index is 12.5. The minimum Gasteiger partial charge on any atom is -0.376 e. The highest BCUT2D eigenvalue weighted by Gasteiger charge is 2.28. The number of hydrogen-bond donors (Lipinski definition) is 3. The third kappa shape index (κ3) is 6.33. The lowest BCUT2D eigenvalue weighted by Crippen LogP contribution is -2.34. The molecule has 0 aromatic heterocycles. The Kier molecular flexibility index (Phi) is 6.92. The molecule has 8 heteroatoms. The Labute approximate surface area is 177 Å². The van der Waals surface area contributed by atoms with Gasteiger partial charge in [-0.1, -0.05) is 60.7 Å². The van der Waals surface area contributed by atoms with Crippen LogP contribution in [0.15, 0.2) is 78.9 Å². The van der Waals surface area contributed by atoms with Crippen LogP contribution in [0.1, 0.15) is 10.4 Å². The van der Waals surface area contributed by atoms with Gasteiger partial charge in [-0.25, -0.2) is 0 Å². The largest absolute Gasteiger partial charge is 0.405 e. The second kappa shape index (κ2) is 9.80. The van der Waals surface area contributed by atoms with E-state index in [-0.39, 0.29) is 23.7 Å². The molecule has 3 N–H and O–H groups in total. The van der Waals surface area contributed by atoms with Crippen molar-refractivity contribution in [1.82, 2.24) is 5.32 Å². The summed E-state index contributed by atoms with van der Waals surface area (Å²) in [5, 5.41) is 7.47. The second-order valence-electron chi connectivity index (χ2n) is 6.66. The van der Waals surface area contributed by atoms with E-state index in [1.54, 1.807) is 18.2 Å². The molecule has 0 aliphatic carbocycles. The van der Waals surface area contributed by atoms with E-state index >= 15 is 0 Å². The Morgan fingerprint density at radius 1 is 0.774 bits per heavy atom. The molecule has 0 atom stereocenters. The predicted molar refractivity (Wildman–Crippen MR) is 114 cm³/mol. The first-order chi connectivity index (χ1) is 14.8. The first-order valence-corrected chi connectivity index (χ1v) is 9.45. The summed E-state index contributed by atoms with van der Waals surface area (Å²) in [5.74, 6) is -1.25. The molecule has 0 bridgehead atoms. The van der Waals surface area contributed by atoms with Gasteiger partial charge in [0.25, 0.3) is 5.91 Å². The number of anilines is 2. The first-order valence-electron chi connectivity index (χ1n) is 9.45. The van der Waals surface area contributed by atoms with Crippen molar-refractivity contribution in [3.05, 3.63) is 84.4 Å². The van der Waals surface area contributed by atoms with E-state index < -0.39 is 18.6 Å². The van der Waals surface area contributed by atoms with E-state index in [1.807, 2.05) is 47.8 Å². The van der Waals surface area contributed by atoms with Gasteiger partial charge in [0.05, 0.1) is 12.1 Å². The van der Waals surface area contributed by atoms with E-state index in [4.69, 9.17) is 0 Å². The van der Waals surface area contributed by atoms with Crippen LogP contribution in [0.3, 0.4) is 0 Å². The van der Waals surface area contributed by atoms with Crippen molar-refractivity contribution in [2.24, 2.45) is 0 Å². The van der Waals surface area contributed by atoms with Crippen LogP contribution in [0, 0.1) is 0 Å². The van der Waals surface area contributed by atoms with Gasteiger partial charge in [-0.05, 0) is 23.8 Å². The van der Waals surface area contributed by atoms with E-state index in [9.17, 15) is 22.8 Å². The topological polar surface area (TPSA) is 70.2 Å². The third-order valence-corrected chi connectivity index (χ3v) is 4.35. The number of halogens is 3. The molecule has 2 amide bonds. The molecule has 0 aliphatic rings. The predicted octanol–water partition coefficient (Wildman–Crippen LogP) is 4.70. The van der Waals surface area contributed by atoms with Crippen molar-refractivity contribution in [3.63, 3.8) is 0 Å². The van der Waals surface area contributed by atoms with E-state index in [1.165, 1.54) is 18.2 Å². The van der Waals surface area contributed by atoms with Crippen molar-refractivity contribution >= 4 is 23.2 Å². The zero-order chi connectivity index (χ0) is 22.3. The van der Waals surface area contributed by atoms with Crippen molar-refractivity contribution in [2.75, 3.05) is 23.7 Å². The molecule has 3 rings (SSSR count). The molecule has 0 radical (unpaired) electrons. The Balaban J connectivity index is 1.66. The Hall–Kier alpha value is -3.81. The molecule has 0 aliphatic heterocycles. The maximum absolute atomic E-state index is 12.5. The molecule has 0 fully saturated rings. The lowest BCUT2D eigenvalue weighted by atomic mass is 10.0. The summed E-state index contributed by atoms with van der Waals surface area (Å²) in [5.41, 5.74) is 2.69. The lowest BCUT2D eigenvalue weighted by molar-refractivity contribution is -0.123. The monoisotopic (exact) mass is 427 g/mol. The summed E-state index contributed by atoms with van der Waals surface area (Å²) in [6.45, 7) is -1.61. The Morgan fingerprint density at radius 3 is 2.10 bits per heavy atom. The van der Waals surface area contributed by atoms with Crippen LogP contribution in [0.5, 0.6) is 0 Å². The summed E-state index contributed by atoms with van der Waals surface area (Å²) < 4.78 is 37.1. The summed E-state index contributed by atoms with van der Waals surface area (Å²) in [6.07, 6.45) is -4.51. The lowest BCUT2D eigenvalue weighted by Gasteiger charge is -2.14. The van der Waals surface area contributed by atoms with Gasteiger partial charge in [0.1, 0.15) is 6.54 Å². The highest BCUT2D eigenvalue weighted by Crippen LogP contribution is 2.27. The van der Waals surface area contributed by atoms with Gasteiger partial charge in [-0.2, -0.15) is 13.2 Å². The molecule has 0 saturated heterocycles. The SMILES string of the molecule is O=C(CNc1ccccc1C(=O)NCC(F)(F)F)Nc1ccccc1-c1ccccc1. The number of carbonyl (C=O) groups is 2. The van der Waals surface area contributed by atoms with Gasteiger partial charge in [-0.15, -0.1) is 0 Å². The second-order valence-corrected chi connectivity index (χ2v) is 6.66. The van der Waals surface area contributed by atoms with Crippen LogP contribution in [0.25, 0.3) is 11.1 Å². The number of para-hydroxylation sites is 2. The third-order valence-electron chi connectivity index (χ3n) is 4.35. The van der Waals surface area contributed by atoms with Crippen LogP contribution in [0.2, 0.25) is 0 Å². The molecule has 0 spiro atoms. The molecule has 3 aromatic carbocycles. The summed E-state index contributed by atoms with van der Waals surface area (Å²) in [6, 6.07) is 22.9. The van der Waals surface area contributed by atoms with E-state index in [0.29, 0.717) is 5.69 Å². The van der Waals surface area contributed by atoms with Gasteiger partial charge >= 0.3 is 6.18 Å². The fraction of sp³-hybridized carbons (Fsp3) is 0.130. The van der Waals surface area contributed by atoms with Gasteiger partial charge in [-0.3, -0.25) is 9.59 Å². The zero-order valence-corrected chi connectivity index (χ0v) is 16.4. The molecule has 0 unspecified atom stereocenters. The summed E-state index contributed by atoms with van der Waals surface area (Å²) in [7, 11) is 0. The summed E-state index contributed by atoms with van der Waals surface area (Å²) >= 11 is 0. The number of nitrogens with one attached hydrogen (secondary N) is 3. The Bertz CT molecular complexity index is 1050. The molecule has 3 aromatic rings. The van der Waals surface area contributed by atoms with Crippen LogP contribution in [-0.4, -0.2) is 31.1 Å². The minimum atomic E-state index is -4.51. The fourth-order valence-electron chi connectivity index (χ4n) is 2.94. The molecular weight excluding hydrogens is 407 g/mol. The van der Waals surface area contributed by atoms with Crippen LogP contribution < -0.4 is 16.0 Å².